The summed E-state index contributed by atoms with van der Waals surface area (Å²) in [4.78, 5) is 22.5. The molecule has 0 atom stereocenters. The van der Waals surface area contributed by atoms with Gasteiger partial charge in [-0.1, -0.05) is 6.07 Å². The summed E-state index contributed by atoms with van der Waals surface area (Å²) in [7, 11) is -2.47. The first-order valence-corrected chi connectivity index (χ1v) is 7.87. The minimum atomic E-state index is -3.70. The van der Waals surface area contributed by atoms with Crippen LogP contribution in [-0.4, -0.2) is 39.8 Å². The molecule has 0 saturated heterocycles. The second kappa shape index (κ2) is 7.63. The molecule has 0 aliphatic rings. The second-order valence-electron chi connectivity index (χ2n) is 4.05. The molecule has 0 unspecified atom stereocenters. The van der Waals surface area contributed by atoms with Gasteiger partial charge in [-0.2, -0.15) is 0 Å². The van der Waals surface area contributed by atoms with Crippen LogP contribution in [-0.2, 0) is 24.3 Å². The zero-order chi connectivity index (χ0) is 15.9. The molecule has 1 aromatic rings. The van der Waals surface area contributed by atoms with E-state index in [1.807, 2.05) is 0 Å². The summed E-state index contributed by atoms with van der Waals surface area (Å²) in [6, 6.07) is 5.87. The van der Waals surface area contributed by atoms with Crippen LogP contribution >= 0.6 is 0 Å². The van der Waals surface area contributed by atoms with E-state index in [1.54, 1.807) is 6.92 Å². The molecule has 1 rings (SSSR count). The highest BCUT2D eigenvalue weighted by molar-refractivity contribution is 7.92. The monoisotopic (exact) mass is 315 g/mol. The molecule has 1 aromatic carbocycles. The zero-order valence-corrected chi connectivity index (χ0v) is 12.6. The lowest BCUT2D eigenvalue weighted by atomic mass is 10.2. The van der Waals surface area contributed by atoms with Crippen molar-refractivity contribution in [1.29, 1.82) is 0 Å². The Bertz CT molecular complexity index is 611. The number of nitrogens with one attached hydrogen (secondary N) is 1. The molecule has 0 amide bonds. The first-order chi connectivity index (χ1) is 9.88. The minimum absolute atomic E-state index is 0.202. The van der Waals surface area contributed by atoms with Crippen molar-refractivity contribution in [1.82, 2.24) is 0 Å². The molecular formula is C13H17NO6S. The Morgan fingerprint density at radius 1 is 1.29 bits per heavy atom. The van der Waals surface area contributed by atoms with Crippen LogP contribution in [0.25, 0.3) is 0 Å². The van der Waals surface area contributed by atoms with Gasteiger partial charge in [-0.05, 0) is 25.1 Å². The van der Waals surface area contributed by atoms with Crippen molar-refractivity contribution in [3.8, 4) is 0 Å². The van der Waals surface area contributed by atoms with Gasteiger partial charge < -0.3 is 9.47 Å². The molecule has 0 radical (unpaired) electrons. The van der Waals surface area contributed by atoms with Gasteiger partial charge in [0.15, 0.2) is 0 Å². The van der Waals surface area contributed by atoms with Crippen molar-refractivity contribution < 1.29 is 27.5 Å². The number of carbonyl (C=O) groups excluding carboxylic acids is 2. The molecule has 0 fully saturated rings. The van der Waals surface area contributed by atoms with E-state index < -0.39 is 27.7 Å². The molecule has 0 heterocycles. The van der Waals surface area contributed by atoms with E-state index >= 15 is 0 Å². The van der Waals surface area contributed by atoms with E-state index in [-0.39, 0.29) is 24.3 Å². The van der Waals surface area contributed by atoms with Crippen LogP contribution < -0.4 is 4.72 Å². The van der Waals surface area contributed by atoms with Gasteiger partial charge in [0.25, 0.3) is 0 Å². The number of rotatable bonds is 7. The average molecular weight is 315 g/mol. The Balaban J connectivity index is 2.71. The van der Waals surface area contributed by atoms with Gasteiger partial charge in [-0.15, -0.1) is 0 Å². The maximum absolute atomic E-state index is 11.8. The number of sulfonamides is 1. The van der Waals surface area contributed by atoms with Crippen molar-refractivity contribution in [3.05, 3.63) is 29.8 Å². The van der Waals surface area contributed by atoms with Crippen molar-refractivity contribution in [3.63, 3.8) is 0 Å². The lowest BCUT2D eigenvalue weighted by Gasteiger charge is -2.08. The quantitative estimate of drug-likeness (QED) is 0.758. The normalized spacial score (nSPS) is 10.8. The average Bonchev–Trinajstić information content (AvgIpc) is 2.44. The molecule has 0 aliphatic carbocycles. The molecule has 0 spiro atoms. The van der Waals surface area contributed by atoms with Crippen LogP contribution in [0.4, 0.5) is 5.69 Å². The SMILES string of the molecule is CCOC(=O)CCS(=O)(=O)Nc1cccc(C(=O)OC)c1. The van der Waals surface area contributed by atoms with Gasteiger partial charge in [0.05, 0.1) is 31.5 Å². The summed E-state index contributed by atoms with van der Waals surface area (Å²) < 4.78 is 35.2. The number of ether oxygens (including phenoxy) is 2. The standard InChI is InChI=1S/C13H17NO6S/c1-3-20-12(15)7-8-21(17,18)14-11-6-4-5-10(9-11)13(16)19-2/h4-6,9,14H,3,7-8H2,1-2H3. The Kier molecular flexibility index (Phi) is 6.16. The molecule has 0 aromatic heterocycles. The van der Waals surface area contributed by atoms with E-state index in [9.17, 15) is 18.0 Å². The molecule has 0 saturated carbocycles. The second-order valence-corrected chi connectivity index (χ2v) is 5.89. The summed E-state index contributed by atoms with van der Waals surface area (Å²) in [6.07, 6.45) is -0.236. The fourth-order valence-electron chi connectivity index (χ4n) is 1.51. The number of esters is 2. The van der Waals surface area contributed by atoms with E-state index in [4.69, 9.17) is 0 Å². The van der Waals surface area contributed by atoms with Crippen molar-refractivity contribution >= 4 is 27.6 Å². The summed E-state index contributed by atoms with van der Waals surface area (Å²) in [5.41, 5.74) is 0.449. The lowest BCUT2D eigenvalue weighted by Crippen LogP contribution is -2.20. The lowest BCUT2D eigenvalue weighted by molar-refractivity contribution is -0.142. The summed E-state index contributed by atoms with van der Waals surface area (Å²) >= 11 is 0. The fourth-order valence-corrected chi connectivity index (χ4v) is 2.53. The number of hydrogen-bond donors (Lipinski definition) is 1. The van der Waals surface area contributed by atoms with E-state index in [2.05, 4.69) is 14.2 Å². The Hall–Kier alpha value is -2.09. The van der Waals surface area contributed by atoms with Crippen molar-refractivity contribution in [2.75, 3.05) is 24.2 Å². The highest BCUT2D eigenvalue weighted by Crippen LogP contribution is 2.13. The molecule has 7 nitrogen and oxygen atoms in total. The molecule has 8 heteroatoms. The van der Waals surface area contributed by atoms with Crippen LogP contribution in [0.2, 0.25) is 0 Å². The Morgan fingerprint density at radius 3 is 2.62 bits per heavy atom. The van der Waals surface area contributed by atoms with Gasteiger partial charge in [0.1, 0.15) is 0 Å². The van der Waals surface area contributed by atoms with Crippen LogP contribution in [0.3, 0.4) is 0 Å². The molecule has 1 N–H and O–H groups in total. The van der Waals surface area contributed by atoms with Gasteiger partial charge in [-0.25, -0.2) is 13.2 Å². The number of hydrogen-bond acceptors (Lipinski definition) is 6. The Labute approximate surface area is 123 Å². The van der Waals surface area contributed by atoms with E-state index in [0.29, 0.717) is 0 Å². The first kappa shape index (κ1) is 17.0. The van der Waals surface area contributed by atoms with E-state index in [0.717, 1.165) is 0 Å². The molecule has 21 heavy (non-hydrogen) atoms. The highest BCUT2D eigenvalue weighted by Gasteiger charge is 2.15. The third-order valence-corrected chi connectivity index (χ3v) is 3.73. The molecule has 0 aliphatic heterocycles. The number of methoxy groups -OCH3 is 1. The third kappa shape index (κ3) is 5.82. The topological polar surface area (TPSA) is 98.8 Å². The molecule has 0 bridgehead atoms. The van der Waals surface area contributed by atoms with Gasteiger partial charge >= 0.3 is 11.9 Å². The summed E-state index contributed by atoms with van der Waals surface area (Å²) in [5, 5.41) is 0. The fraction of sp³-hybridized carbons (Fsp3) is 0.385. The molecular weight excluding hydrogens is 298 g/mol. The summed E-state index contributed by atoms with van der Waals surface area (Å²) in [5.74, 6) is -1.54. The summed E-state index contributed by atoms with van der Waals surface area (Å²) in [6.45, 7) is 1.84. The minimum Gasteiger partial charge on any atom is -0.466 e. The van der Waals surface area contributed by atoms with Crippen LogP contribution in [0.1, 0.15) is 23.7 Å². The number of anilines is 1. The smallest absolute Gasteiger partial charge is 0.337 e. The van der Waals surface area contributed by atoms with E-state index in [1.165, 1.54) is 31.4 Å². The largest absolute Gasteiger partial charge is 0.466 e. The van der Waals surface area contributed by atoms with Crippen LogP contribution in [0.5, 0.6) is 0 Å². The van der Waals surface area contributed by atoms with Crippen molar-refractivity contribution in [2.45, 2.75) is 13.3 Å². The van der Waals surface area contributed by atoms with Crippen LogP contribution in [0.15, 0.2) is 24.3 Å². The van der Waals surface area contributed by atoms with Gasteiger partial charge in [0, 0.05) is 5.69 Å². The number of carbonyl (C=O) groups is 2. The maximum Gasteiger partial charge on any atom is 0.337 e. The zero-order valence-electron chi connectivity index (χ0n) is 11.8. The van der Waals surface area contributed by atoms with Gasteiger partial charge in [-0.3, -0.25) is 9.52 Å². The first-order valence-electron chi connectivity index (χ1n) is 6.22. The van der Waals surface area contributed by atoms with Crippen LogP contribution in [0, 0.1) is 0 Å². The third-order valence-electron chi connectivity index (χ3n) is 2.44. The molecule has 116 valence electrons. The maximum atomic E-state index is 11.8. The Morgan fingerprint density at radius 2 is 2.00 bits per heavy atom. The predicted octanol–water partition coefficient (Wildman–Crippen LogP) is 1.17. The van der Waals surface area contributed by atoms with Crippen molar-refractivity contribution in [2.24, 2.45) is 0 Å². The highest BCUT2D eigenvalue weighted by atomic mass is 32.2. The number of benzene rings is 1. The predicted molar refractivity (Wildman–Crippen MR) is 76.4 cm³/mol. The van der Waals surface area contributed by atoms with Gasteiger partial charge in [0.2, 0.25) is 10.0 Å².